The predicted molar refractivity (Wildman–Crippen MR) is 89.3 cm³/mol. The number of fused-ring (bicyclic) bond motifs is 1. The highest BCUT2D eigenvalue weighted by atomic mass is 16.3. The first-order valence-electron chi connectivity index (χ1n) is 8.35. The van der Waals surface area contributed by atoms with E-state index < -0.39 is 18.1 Å². The quantitative estimate of drug-likeness (QED) is 0.483. The summed E-state index contributed by atoms with van der Waals surface area (Å²) in [6.45, 7) is 1.29. The number of imide groups is 1. The van der Waals surface area contributed by atoms with Crippen molar-refractivity contribution in [1.29, 1.82) is 0 Å². The van der Waals surface area contributed by atoms with Crippen molar-refractivity contribution in [3.05, 3.63) is 34.9 Å². The Bertz CT molecular complexity index is 706. The predicted octanol–water partition coefficient (Wildman–Crippen LogP) is -1.14. The molecule has 5 N–H and O–H groups in total. The number of aliphatic hydroxyl groups is 1. The topological polar surface area (TPSA) is 125 Å². The van der Waals surface area contributed by atoms with E-state index in [4.69, 9.17) is 5.73 Å². The fourth-order valence-corrected chi connectivity index (χ4v) is 3.29. The molecular formula is C17H22N4O4. The van der Waals surface area contributed by atoms with Gasteiger partial charge in [-0.3, -0.25) is 19.7 Å². The molecule has 2 aliphatic heterocycles. The second-order valence-corrected chi connectivity index (χ2v) is 6.37. The fraction of sp³-hybridized carbons (Fsp3) is 0.471. The lowest BCUT2D eigenvalue weighted by atomic mass is 10.0. The molecule has 1 fully saturated rings. The Hall–Kier alpha value is -2.29. The van der Waals surface area contributed by atoms with Crippen molar-refractivity contribution in [3.63, 3.8) is 0 Å². The molecule has 2 aliphatic rings. The number of nitrogens with two attached hydrogens (primary N) is 1. The van der Waals surface area contributed by atoms with Gasteiger partial charge in [-0.2, -0.15) is 0 Å². The Morgan fingerprint density at radius 1 is 1.36 bits per heavy atom. The number of aliphatic hydroxyl groups excluding tert-OH is 1. The monoisotopic (exact) mass is 346 g/mol. The highest BCUT2D eigenvalue weighted by molar-refractivity contribution is 6.05. The molecule has 1 saturated heterocycles. The third-order valence-electron chi connectivity index (χ3n) is 4.61. The van der Waals surface area contributed by atoms with E-state index in [0.29, 0.717) is 31.6 Å². The van der Waals surface area contributed by atoms with Crippen LogP contribution in [0.15, 0.2) is 18.2 Å². The van der Waals surface area contributed by atoms with E-state index >= 15 is 0 Å². The van der Waals surface area contributed by atoms with Gasteiger partial charge in [0.2, 0.25) is 11.8 Å². The van der Waals surface area contributed by atoms with Crippen molar-refractivity contribution in [2.45, 2.75) is 38.1 Å². The molecular weight excluding hydrogens is 324 g/mol. The first-order valence-corrected chi connectivity index (χ1v) is 8.35. The number of nitrogens with zero attached hydrogens (tertiary/aromatic N) is 1. The average molecular weight is 346 g/mol. The van der Waals surface area contributed by atoms with E-state index in [2.05, 4.69) is 10.6 Å². The van der Waals surface area contributed by atoms with Gasteiger partial charge < -0.3 is 21.1 Å². The van der Waals surface area contributed by atoms with Crippen LogP contribution in [0.4, 0.5) is 0 Å². The summed E-state index contributed by atoms with van der Waals surface area (Å²) in [5.74, 6) is -0.904. The van der Waals surface area contributed by atoms with Crippen molar-refractivity contribution < 1.29 is 19.5 Å². The molecule has 1 aromatic carbocycles. The Morgan fingerprint density at radius 2 is 2.16 bits per heavy atom. The molecule has 3 rings (SSSR count). The van der Waals surface area contributed by atoms with Crippen molar-refractivity contribution in [3.8, 4) is 0 Å². The molecule has 0 bridgehead atoms. The Balaban J connectivity index is 1.74. The summed E-state index contributed by atoms with van der Waals surface area (Å²) in [6, 6.07) is 4.98. The molecule has 1 aromatic rings. The lowest BCUT2D eigenvalue weighted by Gasteiger charge is -2.29. The summed E-state index contributed by atoms with van der Waals surface area (Å²) in [7, 11) is 0. The zero-order valence-corrected chi connectivity index (χ0v) is 13.8. The number of benzene rings is 1. The number of nitrogens with one attached hydrogen (secondary N) is 2. The van der Waals surface area contributed by atoms with Crippen LogP contribution in [0.3, 0.4) is 0 Å². The number of hydrogen-bond donors (Lipinski definition) is 4. The number of amides is 3. The Morgan fingerprint density at radius 3 is 2.88 bits per heavy atom. The van der Waals surface area contributed by atoms with Gasteiger partial charge in [-0.15, -0.1) is 0 Å². The van der Waals surface area contributed by atoms with Crippen molar-refractivity contribution in [2.24, 2.45) is 5.73 Å². The molecule has 2 heterocycles. The molecule has 0 aliphatic carbocycles. The highest BCUT2D eigenvalue weighted by Crippen LogP contribution is 2.29. The first kappa shape index (κ1) is 17.5. The lowest BCUT2D eigenvalue weighted by Crippen LogP contribution is -2.52. The molecule has 2 atom stereocenters. The lowest BCUT2D eigenvalue weighted by molar-refractivity contribution is -0.136. The van der Waals surface area contributed by atoms with Crippen LogP contribution >= 0.6 is 0 Å². The summed E-state index contributed by atoms with van der Waals surface area (Å²) in [6.07, 6.45) is -0.0461. The number of carbonyl (C=O) groups is 3. The van der Waals surface area contributed by atoms with Crippen LogP contribution < -0.4 is 16.4 Å². The largest absolute Gasteiger partial charge is 0.390 e. The Kier molecular flexibility index (Phi) is 5.12. The van der Waals surface area contributed by atoms with Crippen LogP contribution in [0.1, 0.15) is 34.3 Å². The van der Waals surface area contributed by atoms with Gasteiger partial charge in [-0.1, -0.05) is 18.2 Å². The van der Waals surface area contributed by atoms with Gasteiger partial charge in [0.25, 0.3) is 5.91 Å². The second kappa shape index (κ2) is 7.30. The maximum absolute atomic E-state index is 12.9. The summed E-state index contributed by atoms with van der Waals surface area (Å²) in [4.78, 5) is 37.8. The van der Waals surface area contributed by atoms with E-state index in [1.807, 2.05) is 18.2 Å². The minimum Gasteiger partial charge on any atom is -0.390 e. The maximum atomic E-state index is 12.9. The van der Waals surface area contributed by atoms with Gasteiger partial charge in [0.05, 0.1) is 6.10 Å². The second-order valence-electron chi connectivity index (χ2n) is 6.37. The number of rotatable bonds is 6. The minimum absolute atomic E-state index is 0.169. The van der Waals surface area contributed by atoms with Gasteiger partial charge in [0.15, 0.2) is 0 Å². The van der Waals surface area contributed by atoms with Crippen LogP contribution in [-0.4, -0.2) is 53.0 Å². The van der Waals surface area contributed by atoms with Crippen molar-refractivity contribution in [1.82, 2.24) is 15.5 Å². The fourth-order valence-electron chi connectivity index (χ4n) is 3.29. The maximum Gasteiger partial charge on any atom is 0.255 e. The summed E-state index contributed by atoms with van der Waals surface area (Å²) < 4.78 is 0. The van der Waals surface area contributed by atoms with Crippen LogP contribution in [0.25, 0.3) is 0 Å². The third kappa shape index (κ3) is 3.55. The molecule has 134 valence electrons. The molecule has 8 heteroatoms. The van der Waals surface area contributed by atoms with Crippen LogP contribution in [0.5, 0.6) is 0 Å². The van der Waals surface area contributed by atoms with E-state index in [1.54, 1.807) is 0 Å². The molecule has 0 saturated carbocycles. The smallest absolute Gasteiger partial charge is 0.255 e. The summed E-state index contributed by atoms with van der Waals surface area (Å²) in [5, 5.41) is 14.9. The molecule has 3 amide bonds. The summed E-state index contributed by atoms with van der Waals surface area (Å²) >= 11 is 0. The van der Waals surface area contributed by atoms with Crippen LogP contribution in [0, 0.1) is 0 Å². The van der Waals surface area contributed by atoms with Gasteiger partial charge in [0.1, 0.15) is 6.04 Å². The van der Waals surface area contributed by atoms with Crippen molar-refractivity contribution >= 4 is 17.7 Å². The number of carbonyl (C=O) groups excluding carboxylic acids is 3. The highest BCUT2D eigenvalue weighted by Gasteiger charge is 2.39. The third-order valence-corrected chi connectivity index (χ3v) is 4.61. The van der Waals surface area contributed by atoms with E-state index in [1.165, 1.54) is 4.90 Å². The van der Waals surface area contributed by atoms with E-state index in [-0.39, 0.29) is 24.8 Å². The molecule has 25 heavy (non-hydrogen) atoms. The minimum atomic E-state index is -0.632. The molecule has 2 unspecified atom stereocenters. The van der Waals surface area contributed by atoms with Gasteiger partial charge in [-0.05, 0) is 17.5 Å². The van der Waals surface area contributed by atoms with E-state index in [0.717, 1.165) is 11.1 Å². The van der Waals surface area contributed by atoms with Gasteiger partial charge in [-0.25, -0.2) is 0 Å². The van der Waals surface area contributed by atoms with Gasteiger partial charge in [0, 0.05) is 38.2 Å². The standard InChI is InChI=1S/C17H22N4O4/c18-6-12(22)8-19-7-10-2-1-3-11-9-21(17(25)15(10)11)13-4-5-14(23)20-16(13)24/h1-3,12-13,19,22H,4-9,18H2,(H,20,23,24). The van der Waals surface area contributed by atoms with Crippen molar-refractivity contribution in [2.75, 3.05) is 13.1 Å². The SMILES string of the molecule is NCC(O)CNCc1cccc2c1C(=O)N(C1CCC(=O)NC1=O)C2. The Labute approximate surface area is 145 Å². The van der Waals surface area contributed by atoms with Crippen LogP contribution in [-0.2, 0) is 22.7 Å². The number of piperidine rings is 1. The molecule has 0 aromatic heterocycles. The molecule has 0 radical (unpaired) electrons. The summed E-state index contributed by atoms with van der Waals surface area (Å²) in [5.41, 5.74) is 7.66. The van der Waals surface area contributed by atoms with Gasteiger partial charge >= 0.3 is 0 Å². The zero-order chi connectivity index (χ0) is 18.0. The zero-order valence-electron chi connectivity index (χ0n) is 13.8. The number of hydrogen-bond acceptors (Lipinski definition) is 6. The van der Waals surface area contributed by atoms with Crippen LogP contribution in [0.2, 0.25) is 0 Å². The normalized spacial score (nSPS) is 21.3. The average Bonchev–Trinajstić information content (AvgIpc) is 2.92. The van der Waals surface area contributed by atoms with E-state index in [9.17, 15) is 19.5 Å². The molecule has 0 spiro atoms. The first-order chi connectivity index (χ1) is 12.0. The molecule has 8 nitrogen and oxygen atoms in total.